The molecule has 0 aliphatic carbocycles. The van der Waals surface area contributed by atoms with Gasteiger partial charge in [-0.3, -0.25) is 4.52 Å². The normalized spacial score (nSPS) is 14.3. The number of rotatable bonds is 5. The van der Waals surface area contributed by atoms with Crippen molar-refractivity contribution in [2.75, 3.05) is 6.61 Å². The molecule has 0 radical (unpaired) electrons. The molecule has 1 atom stereocenters. The van der Waals surface area contributed by atoms with Gasteiger partial charge in [-0.1, -0.05) is 29.9 Å². The molecule has 0 bridgehead atoms. The molecule has 0 saturated carbocycles. The van der Waals surface area contributed by atoms with Crippen molar-refractivity contribution in [3.05, 3.63) is 23.2 Å². The monoisotopic (exact) mass is 319 g/mol. The molecule has 1 unspecified atom stereocenters. The van der Waals surface area contributed by atoms with Crippen LogP contribution in [0.5, 0.6) is 5.88 Å². The molecule has 0 saturated heterocycles. The maximum atomic E-state index is 12.4. The lowest BCUT2D eigenvalue weighted by Crippen LogP contribution is -2.04. The molecule has 0 aliphatic heterocycles. The predicted octanol–water partition coefficient (Wildman–Crippen LogP) is 4.44. The quantitative estimate of drug-likeness (QED) is 0.600. The average molecular weight is 320 g/mol. The summed E-state index contributed by atoms with van der Waals surface area (Å²) in [5.41, 5.74) is 0.365. The third kappa shape index (κ3) is 2.82. The fourth-order valence-electron chi connectivity index (χ4n) is 1.44. The summed E-state index contributed by atoms with van der Waals surface area (Å²) in [5, 5.41) is 4.62. The largest absolute Gasteiger partial charge is 0.418 e. The Kier molecular flexibility index (Phi) is 4.26. The second-order valence-corrected chi connectivity index (χ2v) is 7.06. The maximum absolute atomic E-state index is 12.4. The van der Waals surface area contributed by atoms with Gasteiger partial charge in [-0.2, -0.15) is 0 Å². The Hall–Kier alpha value is -0.940. The number of para-hydroxylation sites is 1. The van der Waals surface area contributed by atoms with Gasteiger partial charge in [0.2, 0.25) is 0 Å². The van der Waals surface area contributed by atoms with E-state index in [-0.39, 0.29) is 17.1 Å². The minimum atomic E-state index is -3.53. The van der Waals surface area contributed by atoms with E-state index in [9.17, 15) is 4.57 Å². The van der Waals surface area contributed by atoms with E-state index in [0.29, 0.717) is 16.0 Å². The van der Waals surface area contributed by atoms with Gasteiger partial charge in [-0.15, -0.1) is 0 Å². The number of fused-ring (bicyclic) bond motifs is 1. The predicted molar refractivity (Wildman–Crippen MR) is 77.2 cm³/mol. The highest BCUT2D eigenvalue weighted by Gasteiger charge is 2.31. The smallest absolute Gasteiger partial charge is 0.398 e. The summed E-state index contributed by atoms with van der Waals surface area (Å²) >= 11 is 10.9. The standard InChI is InChI=1S/C11H11ClNO4PS/c1-3-15-18(14,7(2)19)17-11-8-5-4-6-9(12)10(8)16-13-11/h4-6H,3H2,1-2H3. The van der Waals surface area contributed by atoms with Crippen molar-refractivity contribution in [2.45, 2.75) is 13.8 Å². The molecule has 0 fully saturated rings. The number of hydrogen-bond donors (Lipinski definition) is 0. The van der Waals surface area contributed by atoms with E-state index in [1.54, 1.807) is 25.1 Å². The minimum Gasteiger partial charge on any atom is -0.398 e. The van der Waals surface area contributed by atoms with Crippen molar-refractivity contribution in [3.8, 4) is 5.88 Å². The summed E-state index contributed by atoms with van der Waals surface area (Å²) in [6.07, 6.45) is 0. The van der Waals surface area contributed by atoms with Crippen LogP contribution in [0.2, 0.25) is 5.02 Å². The van der Waals surface area contributed by atoms with Gasteiger partial charge in [-0.05, 0) is 31.1 Å². The lowest BCUT2D eigenvalue weighted by atomic mass is 10.3. The number of benzene rings is 1. The molecule has 2 rings (SSSR count). The van der Waals surface area contributed by atoms with Gasteiger partial charge in [0, 0.05) is 0 Å². The fourth-order valence-corrected chi connectivity index (χ4v) is 2.98. The molecule has 0 aliphatic rings. The van der Waals surface area contributed by atoms with Crippen LogP contribution >= 0.6 is 31.4 Å². The van der Waals surface area contributed by atoms with E-state index in [0.717, 1.165) is 0 Å². The van der Waals surface area contributed by atoms with Crippen molar-refractivity contribution >= 4 is 47.0 Å². The number of aromatic nitrogens is 1. The summed E-state index contributed by atoms with van der Waals surface area (Å²) in [6, 6.07) is 5.07. The van der Waals surface area contributed by atoms with Gasteiger partial charge in [0.05, 0.1) is 17.0 Å². The summed E-state index contributed by atoms with van der Waals surface area (Å²) < 4.78 is 28.1. The summed E-state index contributed by atoms with van der Waals surface area (Å²) in [5.74, 6) is 0.0542. The minimum absolute atomic E-state index is 0.0542. The summed E-state index contributed by atoms with van der Waals surface area (Å²) in [4.78, 5) is 0. The Balaban J connectivity index is 2.43. The molecular formula is C11H11ClNO4PS. The third-order valence-corrected chi connectivity index (χ3v) is 5.06. The molecule has 0 amide bonds. The SMILES string of the molecule is CCOP(=O)(Oc1noc2c(Cl)cccc12)C(C)=S. The van der Waals surface area contributed by atoms with E-state index in [1.807, 2.05) is 0 Å². The van der Waals surface area contributed by atoms with Crippen LogP contribution in [0.1, 0.15) is 13.8 Å². The average Bonchev–Trinajstić information content (AvgIpc) is 2.74. The van der Waals surface area contributed by atoms with Gasteiger partial charge in [0.15, 0.2) is 5.58 Å². The lowest BCUT2D eigenvalue weighted by molar-refractivity contribution is 0.284. The zero-order valence-corrected chi connectivity index (χ0v) is 12.7. The van der Waals surface area contributed by atoms with Crippen molar-refractivity contribution in [3.63, 3.8) is 0 Å². The molecular weight excluding hydrogens is 309 g/mol. The summed E-state index contributed by atoms with van der Waals surface area (Å²) in [6.45, 7) is 3.41. The Morgan fingerprint density at radius 3 is 2.95 bits per heavy atom. The molecule has 102 valence electrons. The molecule has 19 heavy (non-hydrogen) atoms. The molecule has 5 nitrogen and oxygen atoms in total. The second-order valence-electron chi connectivity index (χ2n) is 3.63. The lowest BCUT2D eigenvalue weighted by Gasteiger charge is -2.15. The van der Waals surface area contributed by atoms with Crippen LogP contribution in [0.15, 0.2) is 22.7 Å². The highest BCUT2D eigenvalue weighted by molar-refractivity contribution is 7.97. The van der Waals surface area contributed by atoms with Gasteiger partial charge < -0.3 is 9.05 Å². The van der Waals surface area contributed by atoms with E-state index in [4.69, 9.17) is 37.4 Å². The number of hydrogen-bond acceptors (Lipinski definition) is 6. The van der Waals surface area contributed by atoms with Crippen molar-refractivity contribution in [1.29, 1.82) is 0 Å². The van der Waals surface area contributed by atoms with Crippen LogP contribution in [0, 0.1) is 0 Å². The van der Waals surface area contributed by atoms with Gasteiger partial charge >= 0.3 is 7.60 Å². The van der Waals surface area contributed by atoms with E-state index < -0.39 is 7.60 Å². The molecule has 0 spiro atoms. The Morgan fingerprint density at radius 2 is 2.32 bits per heavy atom. The van der Waals surface area contributed by atoms with Crippen molar-refractivity contribution < 1.29 is 18.1 Å². The van der Waals surface area contributed by atoms with Crippen LogP contribution in [-0.4, -0.2) is 16.4 Å². The Labute approximate surface area is 120 Å². The van der Waals surface area contributed by atoms with Crippen LogP contribution in [0.25, 0.3) is 11.0 Å². The first-order chi connectivity index (χ1) is 8.98. The highest BCUT2D eigenvalue weighted by atomic mass is 35.5. The molecule has 8 heteroatoms. The van der Waals surface area contributed by atoms with E-state index in [2.05, 4.69) is 5.16 Å². The number of halogens is 1. The zero-order chi connectivity index (χ0) is 14.0. The first-order valence-electron chi connectivity index (χ1n) is 5.47. The summed E-state index contributed by atoms with van der Waals surface area (Å²) in [7, 11) is -3.53. The van der Waals surface area contributed by atoms with Crippen LogP contribution in [-0.2, 0) is 9.09 Å². The van der Waals surface area contributed by atoms with E-state index >= 15 is 0 Å². The van der Waals surface area contributed by atoms with Gasteiger partial charge in [-0.25, -0.2) is 4.57 Å². The number of thiocarbonyl (C=S) groups is 1. The molecule has 0 N–H and O–H groups in total. The van der Waals surface area contributed by atoms with Crippen molar-refractivity contribution in [1.82, 2.24) is 5.16 Å². The Bertz CT molecular complexity index is 672. The Morgan fingerprint density at radius 1 is 1.58 bits per heavy atom. The topological polar surface area (TPSA) is 61.6 Å². The van der Waals surface area contributed by atoms with Gasteiger partial charge in [0.25, 0.3) is 5.88 Å². The fraction of sp³-hybridized carbons (Fsp3) is 0.273. The first kappa shape index (κ1) is 14.5. The molecule has 1 aromatic heterocycles. The second kappa shape index (κ2) is 5.59. The van der Waals surface area contributed by atoms with Crippen LogP contribution in [0.3, 0.4) is 0 Å². The van der Waals surface area contributed by atoms with Crippen molar-refractivity contribution in [2.24, 2.45) is 0 Å². The van der Waals surface area contributed by atoms with Crippen LogP contribution < -0.4 is 4.52 Å². The van der Waals surface area contributed by atoms with E-state index in [1.165, 1.54) is 6.92 Å². The first-order valence-corrected chi connectivity index (χ1v) is 7.80. The van der Waals surface area contributed by atoms with Gasteiger partial charge in [0.1, 0.15) is 4.61 Å². The number of nitrogens with zero attached hydrogens (tertiary/aromatic N) is 1. The zero-order valence-electron chi connectivity index (χ0n) is 10.3. The molecule has 1 heterocycles. The van der Waals surface area contributed by atoms with Crippen LogP contribution in [0.4, 0.5) is 0 Å². The molecule has 2 aromatic rings. The molecule has 1 aromatic carbocycles. The maximum Gasteiger partial charge on any atom is 0.418 e. The third-order valence-electron chi connectivity index (χ3n) is 2.31. The highest BCUT2D eigenvalue weighted by Crippen LogP contribution is 2.50.